The minimum Gasteiger partial charge on any atom is -0.319 e. The van der Waals surface area contributed by atoms with E-state index in [1.807, 2.05) is 17.7 Å². The summed E-state index contributed by atoms with van der Waals surface area (Å²) in [4.78, 5) is 0. The van der Waals surface area contributed by atoms with E-state index in [4.69, 9.17) is 0 Å². The highest BCUT2D eigenvalue weighted by Gasteiger charge is 2.14. The Balaban J connectivity index is 2.05. The van der Waals surface area contributed by atoms with Crippen LogP contribution in [-0.4, -0.2) is 14.8 Å². The lowest BCUT2D eigenvalue weighted by Gasteiger charge is -2.19. The topological polar surface area (TPSA) is 42.7 Å². The maximum atomic E-state index is 4.11. The van der Waals surface area contributed by atoms with Crippen LogP contribution in [0.15, 0.2) is 36.7 Å². The van der Waals surface area contributed by atoms with Gasteiger partial charge in [0.05, 0.1) is 6.04 Å². The second kappa shape index (κ2) is 5.10. The van der Waals surface area contributed by atoms with Crippen LogP contribution >= 0.6 is 0 Å². The lowest BCUT2D eigenvalue weighted by atomic mass is 10.1. The van der Waals surface area contributed by atoms with E-state index in [-0.39, 0.29) is 6.04 Å². The zero-order chi connectivity index (χ0) is 12.3. The fourth-order valence-corrected chi connectivity index (χ4v) is 1.97. The van der Waals surface area contributed by atoms with E-state index >= 15 is 0 Å². The Labute approximate surface area is 102 Å². The summed E-state index contributed by atoms with van der Waals surface area (Å²) in [7, 11) is 1.96. The molecular weight excluding hydrogens is 212 g/mol. The van der Waals surface area contributed by atoms with Crippen molar-refractivity contribution in [2.75, 3.05) is 0 Å². The molecule has 2 unspecified atom stereocenters. The normalized spacial score (nSPS) is 14.5. The van der Waals surface area contributed by atoms with Crippen molar-refractivity contribution in [3.8, 4) is 0 Å². The second-order valence-electron chi connectivity index (χ2n) is 4.32. The molecule has 0 aliphatic heterocycles. The van der Waals surface area contributed by atoms with Crippen molar-refractivity contribution in [2.45, 2.75) is 25.9 Å². The van der Waals surface area contributed by atoms with Crippen molar-refractivity contribution in [3.05, 3.63) is 48.0 Å². The Kier molecular flexibility index (Phi) is 3.54. The quantitative estimate of drug-likeness (QED) is 0.875. The van der Waals surface area contributed by atoms with Crippen LogP contribution in [0, 0.1) is 0 Å². The third kappa shape index (κ3) is 2.71. The largest absolute Gasteiger partial charge is 0.319 e. The fraction of sp³-hybridized carbons (Fsp3) is 0.385. The third-order valence-electron chi connectivity index (χ3n) is 2.93. The van der Waals surface area contributed by atoms with Crippen molar-refractivity contribution in [3.63, 3.8) is 0 Å². The molecule has 1 aromatic heterocycles. The first-order valence-electron chi connectivity index (χ1n) is 5.83. The minimum atomic E-state index is 0.178. The molecule has 90 valence electrons. The van der Waals surface area contributed by atoms with Crippen LogP contribution in [0.25, 0.3) is 0 Å². The second-order valence-corrected chi connectivity index (χ2v) is 4.32. The molecular formula is C13H18N4. The maximum Gasteiger partial charge on any atom is 0.149 e. The summed E-state index contributed by atoms with van der Waals surface area (Å²) in [5, 5.41) is 11.5. The highest BCUT2D eigenvalue weighted by molar-refractivity contribution is 5.18. The van der Waals surface area contributed by atoms with E-state index in [9.17, 15) is 0 Å². The molecule has 0 radical (unpaired) electrons. The third-order valence-corrected chi connectivity index (χ3v) is 2.93. The number of hydrogen-bond donors (Lipinski definition) is 1. The van der Waals surface area contributed by atoms with Crippen LogP contribution in [-0.2, 0) is 7.05 Å². The number of aromatic nitrogens is 3. The Morgan fingerprint density at radius 2 is 1.82 bits per heavy atom. The zero-order valence-electron chi connectivity index (χ0n) is 10.5. The van der Waals surface area contributed by atoms with Crippen LogP contribution in [0.1, 0.15) is 37.3 Å². The van der Waals surface area contributed by atoms with E-state index in [0.717, 1.165) is 5.82 Å². The summed E-state index contributed by atoms with van der Waals surface area (Å²) >= 11 is 0. The predicted octanol–water partition coefficient (Wildman–Crippen LogP) is 2.23. The van der Waals surface area contributed by atoms with E-state index in [2.05, 4.69) is 53.6 Å². The molecule has 1 aromatic carbocycles. The van der Waals surface area contributed by atoms with Gasteiger partial charge in [0.15, 0.2) is 0 Å². The van der Waals surface area contributed by atoms with E-state index in [1.54, 1.807) is 6.33 Å². The Hall–Kier alpha value is -1.68. The van der Waals surface area contributed by atoms with E-state index < -0.39 is 0 Å². The Morgan fingerprint density at radius 3 is 2.41 bits per heavy atom. The molecule has 4 nitrogen and oxygen atoms in total. The summed E-state index contributed by atoms with van der Waals surface area (Å²) < 4.78 is 1.94. The molecule has 0 aliphatic carbocycles. The van der Waals surface area contributed by atoms with Crippen molar-refractivity contribution < 1.29 is 0 Å². The molecule has 2 rings (SSSR count). The number of benzene rings is 1. The van der Waals surface area contributed by atoms with Crippen LogP contribution in [0.4, 0.5) is 0 Å². The van der Waals surface area contributed by atoms with Crippen molar-refractivity contribution in [1.82, 2.24) is 20.1 Å². The Morgan fingerprint density at radius 1 is 1.12 bits per heavy atom. The van der Waals surface area contributed by atoms with Crippen LogP contribution < -0.4 is 5.32 Å². The first-order chi connectivity index (χ1) is 8.18. The molecule has 2 atom stereocenters. The van der Waals surface area contributed by atoms with Gasteiger partial charge in [0, 0.05) is 13.1 Å². The standard InChI is InChI=1S/C13H18N4/c1-10(12-7-5-4-6-8-12)15-11(2)13-16-14-9-17(13)3/h4-11,15H,1-3H3. The van der Waals surface area contributed by atoms with Gasteiger partial charge in [-0.2, -0.15) is 0 Å². The van der Waals surface area contributed by atoms with Crippen LogP contribution in [0.5, 0.6) is 0 Å². The van der Waals surface area contributed by atoms with E-state index in [0.29, 0.717) is 6.04 Å². The molecule has 0 saturated carbocycles. The molecule has 0 bridgehead atoms. The van der Waals surface area contributed by atoms with Crippen LogP contribution in [0.3, 0.4) is 0 Å². The molecule has 17 heavy (non-hydrogen) atoms. The van der Waals surface area contributed by atoms with Gasteiger partial charge >= 0.3 is 0 Å². The summed E-state index contributed by atoms with van der Waals surface area (Å²) in [6.07, 6.45) is 1.72. The smallest absolute Gasteiger partial charge is 0.149 e. The summed E-state index contributed by atoms with van der Waals surface area (Å²) in [5.74, 6) is 0.952. The monoisotopic (exact) mass is 230 g/mol. The first kappa shape index (κ1) is 11.8. The molecule has 4 heteroatoms. The summed E-state index contributed by atoms with van der Waals surface area (Å²) in [5.41, 5.74) is 1.28. The molecule has 0 amide bonds. The average molecular weight is 230 g/mol. The highest BCUT2D eigenvalue weighted by Crippen LogP contribution is 2.17. The SMILES string of the molecule is CC(NC(C)c1nncn1C)c1ccccc1. The molecule has 1 heterocycles. The molecule has 0 saturated heterocycles. The molecule has 1 N–H and O–H groups in total. The molecule has 2 aromatic rings. The number of nitrogens with zero attached hydrogens (tertiary/aromatic N) is 3. The van der Waals surface area contributed by atoms with Gasteiger partial charge in [-0.3, -0.25) is 0 Å². The molecule has 0 fully saturated rings. The number of nitrogens with one attached hydrogen (secondary N) is 1. The molecule has 0 spiro atoms. The summed E-state index contributed by atoms with van der Waals surface area (Å²) in [6.45, 7) is 4.26. The Bertz CT molecular complexity index is 463. The van der Waals surface area contributed by atoms with Gasteiger partial charge in [0.1, 0.15) is 12.2 Å². The van der Waals surface area contributed by atoms with E-state index in [1.165, 1.54) is 5.56 Å². The first-order valence-corrected chi connectivity index (χ1v) is 5.83. The van der Waals surface area contributed by atoms with Crippen LogP contribution in [0.2, 0.25) is 0 Å². The lowest BCUT2D eigenvalue weighted by Crippen LogP contribution is -2.24. The van der Waals surface area contributed by atoms with Crippen molar-refractivity contribution in [2.24, 2.45) is 7.05 Å². The maximum absolute atomic E-state index is 4.11. The van der Waals surface area contributed by atoms with Gasteiger partial charge in [-0.25, -0.2) is 0 Å². The van der Waals surface area contributed by atoms with Gasteiger partial charge in [0.25, 0.3) is 0 Å². The van der Waals surface area contributed by atoms with Crippen molar-refractivity contribution >= 4 is 0 Å². The van der Waals surface area contributed by atoms with Gasteiger partial charge in [-0.05, 0) is 19.4 Å². The summed E-state index contributed by atoms with van der Waals surface area (Å²) in [6, 6.07) is 10.9. The number of hydrogen-bond acceptors (Lipinski definition) is 3. The predicted molar refractivity (Wildman–Crippen MR) is 67.4 cm³/mol. The van der Waals surface area contributed by atoms with Gasteiger partial charge in [0.2, 0.25) is 0 Å². The average Bonchev–Trinajstić information content (AvgIpc) is 2.76. The number of rotatable bonds is 4. The van der Waals surface area contributed by atoms with Gasteiger partial charge in [-0.1, -0.05) is 30.3 Å². The lowest BCUT2D eigenvalue weighted by molar-refractivity contribution is 0.466. The zero-order valence-corrected chi connectivity index (χ0v) is 10.5. The number of aryl methyl sites for hydroxylation is 1. The van der Waals surface area contributed by atoms with Crippen molar-refractivity contribution in [1.29, 1.82) is 0 Å². The molecule has 0 aliphatic rings. The highest BCUT2D eigenvalue weighted by atomic mass is 15.3. The van der Waals surface area contributed by atoms with Gasteiger partial charge < -0.3 is 9.88 Å². The minimum absolute atomic E-state index is 0.178. The fourth-order valence-electron chi connectivity index (χ4n) is 1.97. The van der Waals surface area contributed by atoms with Gasteiger partial charge in [-0.15, -0.1) is 10.2 Å².